The van der Waals surface area contributed by atoms with E-state index in [9.17, 15) is 28.9 Å². The van der Waals surface area contributed by atoms with E-state index < -0.39 is 57.8 Å². The number of unbranched alkanes of at least 4 members (excludes halogenated alkanes) is 29. The first-order chi connectivity index (χ1) is 36.2. The number of phosphoric ester groups is 1. The summed E-state index contributed by atoms with van der Waals surface area (Å²) in [5, 5.41) is 9.78. The van der Waals surface area contributed by atoms with Gasteiger partial charge in [-0.2, -0.15) is 0 Å². The van der Waals surface area contributed by atoms with E-state index in [2.05, 4.69) is 81.5 Å². The first-order valence-corrected chi connectivity index (χ1v) is 31.7. The molecule has 0 aliphatic carbocycles. The van der Waals surface area contributed by atoms with Crippen molar-refractivity contribution < 1.29 is 52.2 Å². The Hall–Kier alpha value is -2.82. The van der Waals surface area contributed by atoms with Crippen LogP contribution in [0, 0.1) is 0 Å². The van der Waals surface area contributed by atoms with Gasteiger partial charge in [0.1, 0.15) is 12.7 Å². The first-order valence-electron chi connectivity index (χ1n) is 30.2. The summed E-state index contributed by atoms with van der Waals surface area (Å²) >= 11 is 0. The van der Waals surface area contributed by atoms with Crippen LogP contribution in [0.1, 0.15) is 278 Å². The molecule has 0 amide bonds. The van der Waals surface area contributed by atoms with Gasteiger partial charge >= 0.3 is 25.7 Å². The van der Waals surface area contributed by atoms with Gasteiger partial charge in [-0.3, -0.25) is 23.4 Å². The van der Waals surface area contributed by atoms with Gasteiger partial charge in [0.15, 0.2) is 6.10 Å². The highest BCUT2D eigenvalue weighted by Crippen LogP contribution is 2.43. The third-order valence-electron chi connectivity index (χ3n) is 12.9. The Morgan fingerprint density at radius 3 is 1.09 bits per heavy atom. The highest BCUT2D eigenvalue weighted by atomic mass is 31.2. The fourth-order valence-corrected chi connectivity index (χ4v) is 9.13. The van der Waals surface area contributed by atoms with Gasteiger partial charge in [0.25, 0.3) is 0 Å². The summed E-state index contributed by atoms with van der Waals surface area (Å²) in [6.45, 7) is 4.51. The second-order valence-electron chi connectivity index (χ2n) is 20.1. The van der Waals surface area contributed by atoms with E-state index in [1.54, 1.807) is 0 Å². The lowest BCUT2D eigenvalue weighted by Crippen LogP contribution is -2.30. The molecule has 430 valence electrons. The van der Waals surface area contributed by atoms with Crippen LogP contribution in [0.15, 0.2) is 60.8 Å². The number of aliphatic hydroxyl groups is 1. The molecule has 0 fully saturated rings. The summed E-state index contributed by atoms with van der Waals surface area (Å²) in [7, 11) is -4.75. The number of hydrogen-bond acceptors (Lipinski definition) is 10. The predicted molar refractivity (Wildman–Crippen MR) is 307 cm³/mol. The molecule has 0 heterocycles. The van der Waals surface area contributed by atoms with Crippen LogP contribution in [-0.2, 0) is 42.2 Å². The number of aliphatic hydroxyl groups excluding tert-OH is 1. The molecule has 0 bridgehead atoms. The van der Waals surface area contributed by atoms with E-state index >= 15 is 0 Å². The van der Waals surface area contributed by atoms with E-state index in [0.29, 0.717) is 19.3 Å². The zero-order valence-electron chi connectivity index (χ0n) is 47.6. The van der Waals surface area contributed by atoms with Crippen LogP contribution in [0.3, 0.4) is 0 Å². The number of rotatable bonds is 56. The molecule has 3 unspecified atom stereocenters. The van der Waals surface area contributed by atoms with Crippen LogP contribution in [0.2, 0.25) is 0 Å². The molecular formula is C62H111O11P. The second kappa shape index (κ2) is 56.4. The minimum atomic E-state index is -4.75. The fourth-order valence-electron chi connectivity index (χ4n) is 8.34. The van der Waals surface area contributed by atoms with Crippen LogP contribution in [0.5, 0.6) is 0 Å². The van der Waals surface area contributed by atoms with Crippen LogP contribution >= 0.6 is 7.82 Å². The summed E-state index contributed by atoms with van der Waals surface area (Å²) in [5.41, 5.74) is 0. The van der Waals surface area contributed by atoms with Gasteiger partial charge in [-0.1, -0.05) is 236 Å². The van der Waals surface area contributed by atoms with Crippen molar-refractivity contribution in [1.29, 1.82) is 0 Å². The van der Waals surface area contributed by atoms with Crippen LogP contribution in [-0.4, -0.2) is 66.5 Å². The molecule has 0 aliphatic heterocycles. The van der Waals surface area contributed by atoms with Gasteiger partial charge in [-0.15, -0.1) is 0 Å². The average molecular weight is 1060 g/mol. The normalized spacial score (nSPS) is 13.7. The maximum absolute atomic E-state index is 12.9. The van der Waals surface area contributed by atoms with Crippen LogP contribution < -0.4 is 0 Å². The average Bonchev–Trinajstić information content (AvgIpc) is 3.39. The number of ether oxygens (including phenoxy) is 3. The van der Waals surface area contributed by atoms with Gasteiger partial charge < -0.3 is 24.2 Å². The summed E-state index contributed by atoms with van der Waals surface area (Å²) in [4.78, 5) is 48.5. The van der Waals surface area contributed by atoms with E-state index in [4.69, 9.17) is 23.3 Å². The summed E-state index contributed by atoms with van der Waals surface area (Å²) < 4.78 is 39.5. The molecule has 0 aromatic carbocycles. The number of allylic oxidation sites excluding steroid dienone is 10. The highest BCUT2D eigenvalue weighted by Gasteiger charge is 2.28. The lowest BCUT2D eigenvalue weighted by molar-refractivity contribution is -0.161. The minimum Gasteiger partial charge on any atom is -0.462 e. The molecule has 2 N–H and O–H groups in total. The molecular weight excluding hydrogens is 952 g/mol. The number of phosphoric acid groups is 1. The van der Waals surface area contributed by atoms with Gasteiger partial charge in [0, 0.05) is 19.3 Å². The van der Waals surface area contributed by atoms with Crippen molar-refractivity contribution in [2.45, 2.75) is 290 Å². The van der Waals surface area contributed by atoms with Crippen molar-refractivity contribution in [1.82, 2.24) is 0 Å². The Balaban J connectivity index is 4.70. The summed E-state index contributed by atoms with van der Waals surface area (Å²) in [6.07, 6.45) is 61.9. The van der Waals surface area contributed by atoms with E-state index in [1.165, 1.54) is 116 Å². The quantitative estimate of drug-likeness (QED) is 0.0197. The second-order valence-corrected chi connectivity index (χ2v) is 21.6. The standard InChI is InChI=1S/C62H111O11P/c1-4-7-10-13-16-19-21-23-25-27-29-31-33-35-37-40-42-45-48-51-60(64)69-55-59(57-71-74(67,68)70-56-58(54-63)72-61(65)52-49-46-43-39-18-15-12-9-6-3)73-62(66)53-50-47-44-41-38-36-34-32-30-28-26-24-22-20-17-14-11-8-5-2/h8,11,17,20,23-26,30,32,58-59,63H,4-7,9-10,12-16,18-19,21-22,27-29,31,33-57H2,1-3H3,(H,67,68)/b11-8-,20-17-,25-23-,26-24-,32-30-. The fraction of sp³-hybridized carbons (Fsp3) is 0.790. The third-order valence-corrected chi connectivity index (χ3v) is 13.9. The predicted octanol–water partition coefficient (Wildman–Crippen LogP) is 17.9. The third kappa shape index (κ3) is 54.0. The lowest BCUT2D eigenvalue weighted by Gasteiger charge is -2.21. The molecule has 0 radical (unpaired) electrons. The Labute approximate surface area is 453 Å². The van der Waals surface area contributed by atoms with Crippen molar-refractivity contribution in [3.63, 3.8) is 0 Å². The largest absolute Gasteiger partial charge is 0.472 e. The summed E-state index contributed by atoms with van der Waals surface area (Å²) in [5.74, 6) is -1.47. The zero-order valence-corrected chi connectivity index (χ0v) is 48.5. The van der Waals surface area contributed by atoms with Crippen molar-refractivity contribution in [2.75, 3.05) is 26.4 Å². The Morgan fingerprint density at radius 2 is 0.703 bits per heavy atom. The molecule has 0 aromatic heterocycles. The maximum Gasteiger partial charge on any atom is 0.472 e. The minimum absolute atomic E-state index is 0.152. The van der Waals surface area contributed by atoms with E-state index in [0.717, 1.165) is 103 Å². The number of hydrogen-bond donors (Lipinski definition) is 2. The molecule has 12 heteroatoms. The van der Waals surface area contributed by atoms with Crippen LogP contribution in [0.4, 0.5) is 0 Å². The van der Waals surface area contributed by atoms with Gasteiger partial charge in [-0.05, 0) is 83.5 Å². The first kappa shape index (κ1) is 71.2. The number of carbonyl (C=O) groups is 3. The molecule has 0 aliphatic rings. The Kier molecular flexibility index (Phi) is 54.2. The van der Waals surface area contributed by atoms with Gasteiger partial charge in [0.05, 0.1) is 19.8 Å². The van der Waals surface area contributed by atoms with Crippen molar-refractivity contribution in [3.8, 4) is 0 Å². The van der Waals surface area contributed by atoms with Crippen LogP contribution in [0.25, 0.3) is 0 Å². The summed E-state index contributed by atoms with van der Waals surface area (Å²) in [6, 6.07) is 0. The molecule has 0 aromatic rings. The molecule has 3 atom stereocenters. The molecule has 74 heavy (non-hydrogen) atoms. The highest BCUT2D eigenvalue weighted by molar-refractivity contribution is 7.47. The van der Waals surface area contributed by atoms with E-state index in [1.807, 2.05) is 0 Å². The van der Waals surface area contributed by atoms with Gasteiger partial charge in [0.2, 0.25) is 0 Å². The molecule has 0 saturated carbocycles. The molecule has 11 nitrogen and oxygen atoms in total. The lowest BCUT2D eigenvalue weighted by atomic mass is 10.1. The Bertz CT molecular complexity index is 1470. The van der Waals surface area contributed by atoms with E-state index in [-0.39, 0.29) is 25.9 Å². The molecule has 0 saturated heterocycles. The SMILES string of the molecule is CC/C=C\C/C=C\C/C=C\C/C=C\CCCCCCCCC(=O)OC(COC(=O)CCCCCCCCCCC/C=C\CCCCCCCC)COP(=O)(O)OCC(CO)OC(=O)CCCCCCCCCCC. The smallest absolute Gasteiger partial charge is 0.462 e. The number of carbonyl (C=O) groups excluding carboxylic acids is 3. The van der Waals surface area contributed by atoms with Gasteiger partial charge in [-0.25, -0.2) is 4.57 Å². The number of esters is 3. The topological polar surface area (TPSA) is 155 Å². The molecule has 0 spiro atoms. The Morgan fingerprint density at radius 1 is 0.392 bits per heavy atom. The monoisotopic (exact) mass is 1060 g/mol. The van der Waals surface area contributed by atoms with Crippen molar-refractivity contribution in [2.24, 2.45) is 0 Å². The van der Waals surface area contributed by atoms with Crippen molar-refractivity contribution in [3.05, 3.63) is 60.8 Å². The maximum atomic E-state index is 12.9. The van der Waals surface area contributed by atoms with Crippen molar-refractivity contribution >= 4 is 25.7 Å². The zero-order chi connectivity index (χ0) is 54.1. The molecule has 0 rings (SSSR count).